The van der Waals surface area contributed by atoms with Crippen LogP contribution in [0.5, 0.6) is 0 Å². The second kappa shape index (κ2) is 7.81. The molecular formula is C14H19PtSi-. The summed E-state index contributed by atoms with van der Waals surface area (Å²) >= 11 is 0. The van der Waals surface area contributed by atoms with Gasteiger partial charge in [-0.3, -0.25) is 0 Å². The van der Waals surface area contributed by atoms with Gasteiger partial charge < -0.3 is 6.55 Å². The molecule has 0 aromatic heterocycles. The van der Waals surface area contributed by atoms with Crippen LogP contribution in [0.4, 0.5) is 0 Å². The van der Waals surface area contributed by atoms with Crippen LogP contribution >= 0.6 is 0 Å². The molecule has 0 unspecified atom stereocenters. The van der Waals surface area contributed by atoms with Crippen LogP contribution in [0.1, 0.15) is 6.42 Å². The summed E-state index contributed by atoms with van der Waals surface area (Å²) in [5.41, 5.74) is 0. The van der Waals surface area contributed by atoms with E-state index in [0.29, 0.717) is 0 Å². The van der Waals surface area contributed by atoms with E-state index in [1.54, 1.807) is 0 Å². The second-order valence-corrected chi connectivity index (χ2v) is 8.69. The van der Waals surface area contributed by atoms with E-state index in [1.807, 2.05) is 6.07 Å². The van der Waals surface area contributed by atoms with E-state index in [-0.39, 0.29) is 21.1 Å². The van der Waals surface area contributed by atoms with Gasteiger partial charge >= 0.3 is 0 Å². The first-order valence-electron chi connectivity index (χ1n) is 5.33. The normalized spacial score (nSPS) is 12.7. The van der Waals surface area contributed by atoms with Gasteiger partial charge in [0.2, 0.25) is 0 Å². The first-order valence-corrected chi connectivity index (χ1v) is 8.54. The van der Waals surface area contributed by atoms with Crippen LogP contribution in [0.3, 0.4) is 0 Å². The Balaban J connectivity index is 0.000000318. The molecule has 2 heteroatoms. The topological polar surface area (TPSA) is 0 Å². The first-order chi connectivity index (χ1) is 7.11. The van der Waals surface area contributed by atoms with Gasteiger partial charge in [-0.2, -0.15) is 0 Å². The summed E-state index contributed by atoms with van der Waals surface area (Å²) in [7, 11) is -1.28. The molecule has 0 atom stereocenters. The Morgan fingerprint density at radius 1 is 1.00 bits per heavy atom. The van der Waals surface area contributed by atoms with Crippen LogP contribution in [0.25, 0.3) is 0 Å². The Hall–Kier alpha value is -0.395. The number of hydrogen-bond acceptors (Lipinski definition) is 0. The molecular weight excluding hydrogens is 391 g/mol. The number of benzene rings is 1. The van der Waals surface area contributed by atoms with Crippen molar-refractivity contribution in [1.82, 2.24) is 0 Å². The summed E-state index contributed by atoms with van der Waals surface area (Å²) in [6.45, 7) is 8.68. The molecule has 0 fully saturated rings. The molecule has 1 aromatic carbocycles. The van der Waals surface area contributed by atoms with Crippen LogP contribution in [0.15, 0.2) is 54.6 Å². The van der Waals surface area contributed by atoms with Crippen LogP contribution in [-0.2, 0) is 21.1 Å². The molecule has 0 heterocycles. The monoisotopic (exact) mass is 410 g/mol. The Morgan fingerprint density at radius 3 is 1.75 bits per heavy atom. The third-order valence-corrected chi connectivity index (χ3v) is 4.11. The maximum atomic E-state index is 4.18. The maximum Gasteiger partial charge on any atom is 0 e. The average molecular weight is 410 g/mol. The van der Waals surface area contributed by atoms with Gasteiger partial charge in [0.05, 0.1) is 0 Å². The van der Waals surface area contributed by atoms with E-state index < -0.39 is 8.07 Å². The molecule has 16 heavy (non-hydrogen) atoms. The Morgan fingerprint density at radius 2 is 1.50 bits per heavy atom. The molecule has 2 rings (SSSR count). The zero-order valence-electron chi connectivity index (χ0n) is 9.93. The Labute approximate surface area is 115 Å². The largest absolute Gasteiger partial charge is 0.338 e. The molecule has 0 amide bonds. The molecule has 0 spiro atoms. The molecule has 0 saturated carbocycles. The van der Waals surface area contributed by atoms with Gasteiger partial charge in [-0.25, -0.2) is 0 Å². The third-order valence-electron chi connectivity index (χ3n) is 2.21. The van der Waals surface area contributed by atoms with Crippen molar-refractivity contribution >= 4 is 13.3 Å². The van der Waals surface area contributed by atoms with E-state index >= 15 is 0 Å². The van der Waals surface area contributed by atoms with Crippen molar-refractivity contribution < 1.29 is 21.1 Å². The van der Waals surface area contributed by atoms with E-state index in [2.05, 4.69) is 68.2 Å². The quantitative estimate of drug-likeness (QED) is 0.491. The SMILES string of the molecule is C1=CCC=C1.[CH2-][Si](C)(C)c1ccccc1.[Pt]. The van der Waals surface area contributed by atoms with Crippen molar-refractivity contribution in [3.63, 3.8) is 0 Å². The Bertz CT molecular complexity index is 324. The summed E-state index contributed by atoms with van der Waals surface area (Å²) in [4.78, 5) is 0. The molecule has 0 nitrogen and oxygen atoms in total. The number of allylic oxidation sites excluding steroid dienone is 4. The standard InChI is InChI=1S/C9H13Si.C5H6.Pt/c1-10(2,3)9-7-5-4-6-8-9;1-2-4-5-3-1;/h4-8H,1H2,2-3H3;1-4H,5H2;/q-1;;. The molecule has 0 bridgehead atoms. The van der Waals surface area contributed by atoms with E-state index in [0.717, 1.165) is 6.42 Å². The second-order valence-electron chi connectivity index (χ2n) is 4.34. The van der Waals surface area contributed by atoms with Crippen LogP contribution < -0.4 is 5.19 Å². The zero-order valence-corrected chi connectivity index (χ0v) is 13.2. The van der Waals surface area contributed by atoms with Gasteiger partial charge in [0.15, 0.2) is 0 Å². The predicted octanol–water partition coefficient (Wildman–Crippen LogP) is 3.48. The Kier molecular flexibility index (Phi) is 7.62. The van der Waals surface area contributed by atoms with Gasteiger partial charge in [-0.05, 0) is 6.42 Å². The van der Waals surface area contributed by atoms with E-state index in [4.69, 9.17) is 0 Å². The summed E-state index contributed by atoms with van der Waals surface area (Å²) < 4.78 is 0. The van der Waals surface area contributed by atoms with Crippen molar-refractivity contribution in [2.24, 2.45) is 0 Å². The van der Waals surface area contributed by atoms with Crippen molar-refractivity contribution in [2.45, 2.75) is 19.5 Å². The fourth-order valence-corrected chi connectivity index (χ4v) is 2.38. The summed E-state index contributed by atoms with van der Waals surface area (Å²) in [6, 6.07) is 10.5. The minimum atomic E-state index is -1.28. The van der Waals surface area contributed by atoms with E-state index in [9.17, 15) is 0 Å². The van der Waals surface area contributed by atoms with Gasteiger partial charge in [-0.15, -0.1) is 0 Å². The van der Waals surface area contributed by atoms with Crippen LogP contribution in [0, 0.1) is 6.55 Å². The van der Waals surface area contributed by atoms with Gasteiger partial charge in [0, 0.05) is 21.1 Å². The zero-order chi connectivity index (χ0) is 11.1. The molecule has 0 N–H and O–H groups in total. The van der Waals surface area contributed by atoms with Crippen LogP contribution in [-0.4, -0.2) is 8.07 Å². The molecule has 90 valence electrons. The molecule has 0 aliphatic heterocycles. The minimum Gasteiger partial charge on any atom is -0.338 e. The van der Waals surface area contributed by atoms with Crippen molar-refractivity contribution in [2.75, 3.05) is 0 Å². The van der Waals surface area contributed by atoms with Crippen LogP contribution in [0.2, 0.25) is 13.1 Å². The first kappa shape index (κ1) is 15.6. The number of rotatable bonds is 1. The summed E-state index contributed by atoms with van der Waals surface area (Å²) in [5.74, 6) is 0. The number of hydrogen-bond donors (Lipinski definition) is 0. The fourth-order valence-electron chi connectivity index (χ4n) is 1.28. The van der Waals surface area contributed by atoms with Crippen molar-refractivity contribution in [3.05, 3.63) is 61.2 Å². The summed E-state index contributed by atoms with van der Waals surface area (Å²) in [6.07, 6.45) is 9.50. The minimum absolute atomic E-state index is 0. The molecule has 0 radical (unpaired) electrons. The van der Waals surface area contributed by atoms with Crippen molar-refractivity contribution in [3.8, 4) is 0 Å². The molecule has 1 aliphatic carbocycles. The van der Waals surface area contributed by atoms with Gasteiger partial charge in [0.1, 0.15) is 0 Å². The van der Waals surface area contributed by atoms with Gasteiger partial charge in [-0.1, -0.05) is 81.0 Å². The van der Waals surface area contributed by atoms with Crippen molar-refractivity contribution in [1.29, 1.82) is 0 Å². The predicted molar refractivity (Wildman–Crippen MR) is 71.8 cm³/mol. The average Bonchev–Trinajstić information content (AvgIpc) is 2.76. The molecule has 0 saturated heterocycles. The third kappa shape index (κ3) is 6.25. The van der Waals surface area contributed by atoms with Gasteiger partial charge in [0.25, 0.3) is 0 Å². The van der Waals surface area contributed by atoms with E-state index in [1.165, 1.54) is 5.19 Å². The smallest absolute Gasteiger partial charge is 0 e. The maximum absolute atomic E-state index is 4.18. The summed E-state index contributed by atoms with van der Waals surface area (Å²) in [5, 5.41) is 1.43. The molecule has 1 aromatic rings. The molecule has 1 aliphatic rings. The fraction of sp³-hybridized carbons (Fsp3) is 0.214.